The summed E-state index contributed by atoms with van der Waals surface area (Å²) in [5.41, 5.74) is 10.5. The maximum absolute atomic E-state index is 11.8. The summed E-state index contributed by atoms with van der Waals surface area (Å²) in [5, 5.41) is 0. The standard InChI is InChI=1S/C11H18N2O2/c1-10(2,3)15-9(14)11(13)6-4-5-8(12)7-11/h4-6H,7,12-13H2,1-3H3. The molecule has 0 heterocycles. The topological polar surface area (TPSA) is 78.3 Å². The van der Waals surface area contributed by atoms with Gasteiger partial charge in [0.15, 0.2) is 0 Å². The van der Waals surface area contributed by atoms with Crippen molar-refractivity contribution in [2.24, 2.45) is 11.5 Å². The molecule has 4 N–H and O–H groups in total. The molecule has 15 heavy (non-hydrogen) atoms. The van der Waals surface area contributed by atoms with Gasteiger partial charge < -0.3 is 16.2 Å². The fourth-order valence-corrected chi connectivity index (χ4v) is 1.31. The van der Waals surface area contributed by atoms with Gasteiger partial charge in [-0.05, 0) is 26.8 Å². The summed E-state index contributed by atoms with van der Waals surface area (Å²) < 4.78 is 5.23. The minimum Gasteiger partial charge on any atom is -0.458 e. The van der Waals surface area contributed by atoms with Crippen LogP contribution in [-0.2, 0) is 9.53 Å². The van der Waals surface area contributed by atoms with Crippen LogP contribution in [0.25, 0.3) is 0 Å². The highest BCUT2D eigenvalue weighted by Crippen LogP contribution is 2.22. The molecule has 0 aromatic carbocycles. The Labute approximate surface area is 90.0 Å². The van der Waals surface area contributed by atoms with Gasteiger partial charge in [-0.2, -0.15) is 0 Å². The molecule has 0 aliphatic heterocycles. The van der Waals surface area contributed by atoms with Crippen LogP contribution in [0.15, 0.2) is 23.9 Å². The van der Waals surface area contributed by atoms with Crippen molar-refractivity contribution in [3.8, 4) is 0 Å². The Hall–Kier alpha value is -1.29. The van der Waals surface area contributed by atoms with Crippen molar-refractivity contribution >= 4 is 5.97 Å². The summed E-state index contributed by atoms with van der Waals surface area (Å²) in [6, 6.07) is 0. The lowest BCUT2D eigenvalue weighted by Crippen LogP contribution is -2.51. The number of carbonyl (C=O) groups is 1. The van der Waals surface area contributed by atoms with Crippen molar-refractivity contribution < 1.29 is 9.53 Å². The van der Waals surface area contributed by atoms with Gasteiger partial charge in [0.2, 0.25) is 0 Å². The van der Waals surface area contributed by atoms with E-state index in [1.807, 2.05) is 0 Å². The summed E-state index contributed by atoms with van der Waals surface area (Å²) >= 11 is 0. The zero-order chi connectivity index (χ0) is 11.7. The lowest BCUT2D eigenvalue weighted by molar-refractivity contribution is -0.159. The van der Waals surface area contributed by atoms with Crippen molar-refractivity contribution in [3.05, 3.63) is 23.9 Å². The summed E-state index contributed by atoms with van der Waals surface area (Å²) in [7, 11) is 0. The first-order valence-corrected chi connectivity index (χ1v) is 4.89. The van der Waals surface area contributed by atoms with Crippen molar-refractivity contribution in [3.63, 3.8) is 0 Å². The lowest BCUT2D eigenvalue weighted by Gasteiger charge is -2.30. The number of hydrogen-bond acceptors (Lipinski definition) is 4. The normalized spacial score (nSPS) is 26.0. The highest BCUT2D eigenvalue weighted by molar-refractivity contribution is 5.84. The maximum atomic E-state index is 11.8. The zero-order valence-electron chi connectivity index (χ0n) is 9.41. The van der Waals surface area contributed by atoms with Crippen LogP contribution in [0.2, 0.25) is 0 Å². The van der Waals surface area contributed by atoms with E-state index in [4.69, 9.17) is 16.2 Å². The minimum atomic E-state index is -1.12. The van der Waals surface area contributed by atoms with E-state index >= 15 is 0 Å². The number of allylic oxidation sites excluding steroid dienone is 2. The highest BCUT2D eigenvalue weighted by atomic mass is 16.6. The van der Waals surface area contributed by atoms with Crippen LogP contribution in [0, 0.1) is 0 Å². The van der Waals surface area contributed by atoms with Crippen LogP contribution in [0.3, 0.4) is 0 Å². The molecule has 1 rings (SSSR count). The van der Waals surface area contributed by atoms with Crippen LogP contribution in [0.4, 0.5) is 0 Å². The molecule has 0 amide bonds. The van der Waals surface area contributed by atoms with Gasteiger partial charge in [-0.3, -0.25) is 0 Å². The minimum absolute atomic E-state index is 0.304. The molecule has 0 aromatic heterocycles. The molecule has 1 unspecified atom stereocenters. The Balaban J connectivity index is 2.76. The smallest absolute Gasteiger partial charge is 0.331 e. The number of carbonyl (C=O) groups excluding carboxylic acids is 1. The number of esters is 1. The predicted octanol–water partition coefficient (Wildman–Crippen LogP) is 0.828. The fraction of sp³-hybridized carbons (Fsp3) is 0.545. The van der Waals surface area contributed by atoms with Crippen LogP contribution in [0.1, 0.15) is 27.2 Å². The third kappa shape index (κ3) is 3.09. The molecule has 0 radical (unpaired) electrons. The first kappa shape index (κ1) is 11.8. The second-order valence-electron chi connectivity index (χ2n) is 4.82. The fourth-order valence-electron chi connectivity index (χ4n) is 1.31. The monoisotopic (exact) mass is 210 g/mol. The van der Waals surface area contributed by atoms with E-state index < -0.39 is 17.1 Å². The molecule has 1 atom stereocenters. The Bertz CT molecular complexity index is 326. The number of rotatable bonds is 1. The Morgan fingerprint density at radius 1 is 1.53 bits per heavy atom. The first-order valence-electron chi connectivity index (χ1n) is 4.89. The van der Waals surface area contributed by atoms with Crippen molar-refractivity contribution in [1.29, 1.82) is 0 Å². The summed E-state index contributed by atoms with van der Waals surface area (Å²) in [4.78, 5) is 11.8. The molecule has 4 nitrogen and oxygen atoms in total. The van der Waals surface area contributed by atoms with E-state index in [2.05, 4.69) is 0 Å². The molecule has 0 saturated carbocycles. The van der Waals surface area contributed by atoms with Gasteiger partial charge in [0, 0.05) is 12.1 Å². The van der Waals surface area contributed by atoms with E-state index in [1.165, 1.54) is 0 Å². The zero-order valence-corrected chi connectivity index (χ0v) is 9.41. The van der Waals surface area contributed by atoms with Gasteiger partial charge in [-0.1, -0.05) is 12.2 Å². The average molecular weight is 210 g/mol. The van der Waals surface area contributed by atoms with E-state index in [0.29, 0.717) is 12.1 Å². The lowest BCUT2D eigenvalue weighted by atomic mass is 9.90. The molecule has 0 spiro atoms. The number of ether oxygens (including phenoxy) is 1. The van der Waals surface area contributed by atoms with Gasteiger partial charge in [0.25, 0.3) is 0 Å². The first-order chi connectivity index (χ1) is 6.73. The van der Waals surface area contributed by atoms with Gasteiger partial charge in [-0.25, -0.2) is 4.79 Å². The second-order valence-corrected chi connectivity index (χ2v) is 4.82. The molecule has 1 aliphatic carbocycles. The van der Waals surface area contributed by atoms with E-state index in [1.54, 1.807) is 39.0 Å². The number of hydrogen-bond donors (Lipinski definition) is 2. The van der Waals surface area contributed by atoms with Crippen LogP contribution < -0.4 is 11.5 Å². The van der Waals surface area contributed by atoms with E-state index in [9.17, 15) is 4.79 Å². The largest absolute Gasteiger partial charge is 0.458 e. The quantitative estimate of drug-likeness (QED) is 0.628. The van der Waals surface area contributed by atoms with Crippen LogP contribution >= 0.6 is 0 Å². The van der Waals surface area contributed by atoms with Gasteiger partial charge in [0.05, 0.1) is 0 Å². The second kappa shape index (κ2) is 3.70. The van der Waals surface area contributed by atoms with Gasteiger partial charge in [0.1, 0.15) is 11.1 Å². The Morgan fingerprint density at radius 3 is 2.60 bits per heavy atom. The Kier molecular flexibility index (Phi) is 2.90. The van der Waals surface area contributed by atoms with Crippen LogP contribution in [0.5, 0.6) is 0 Å². The van der Waals surface area contributed by atoms with Crippen LogP contribution in [-0.4, -0.2) is 17.1 Å². The third-order valence-corrected chi connectivity index (χ3v) is 1.98. The Morgan fingerprint density at radius 2 is 2.13 bits per heavy atom. The molecular weight excluding hydrogens is 192 g/mol. The molecule has 84 valence electrons. The van der Waals surface area contributed by atoms with Gasteiger partial charge >= 0.3 is 5.97 Å². The van der Waals surface area contributed by atoms with Crippen molar-refractivity contribution in [1.82, 2.24) is 0 Å². The molecule has 0 aromatic rings. The SMILES string of the molecule is CC(C)(C)OC(=O)C1(N)C=CC=C(N)C1. The molecular formula is C11H18N2O2. The molecule has 0 saturated heterocycles. The summed E-state index contributed by atoms with van der Waals surface area (Å²) in [6.07, 6.45) is 5.34. The molecule has 1 aliphatic rings. The van der Waals surface area contributed by atoms with E-state index in [-0.39, 0.29) is 0 Å². The predicted molar refractivity (Wildman–Crippen MR) is 58.8 cm³/mol. The van der Waals surface area contributed by atoms with Crippen molar-refractivity contribution in [2.75, 3.05) is 0 Å². The van der Waals surface area contributed by atoms with Gasteiger partial charge in [-0.15, -0.1) is 0 Å². The highest BCUT2D eigenvalue weighted by Gasteiger charge is 2.36. The van der Waals surface area contributed by atoms with E-state index in [0.717, 1.165) is 0 Å². The molecule has 0 fully saturated rings. The molecule has 0 bridgehead atoms. The maximum Gasteiger partial charge on any atom is 0.331 e. The average Bonchev–Trinajstić information content (AvgIpc) is 2.00. The number of nitrogens with two attached hydrogens (primary N) is 2. The summed E-state index contributed by atoms with van der Waals surface area (Å²) in [5.74, 6) is -0.442. The third-order valence-electron chi connectivity index (χ3n) is 1.98. The summed E-state index contributed by atoms with van der Waals surface area (Å²) in [6.45, 7) is 5.42. The molecule has 4 heteroatoms. The van der Waals surface area contributed by atoms with Crippen molar-refractivity contribution in [2.45, 2.75) is 38.3 Å².